The minimum absolute atomic E-state index is 0.0224. The van der Waals surface area contributed by atoms with Crippen molar-refractivity contribution in [2.75, 3.05) is 30.8 Å². The van der Waals surface area contributed by atoms with Crippen molar-refractivity contribution < 1.29 is 27.7 Å². The minimum Gasteiger partial charge on any atom is -0.495 e. The first kappa shape index (κ1) is 29.8. The minimum atomic E-state index is -4.11. The molecule has 2 aromatic carbocycles. The second kappa shape index (κ2) is 13.2. The summed E-state index contributed by atoms with van der Waals surface area (Å²) in [6.07, 6.45) is 1.82. The van der Waals surface area contributed by atoms with Gasteiger partial charge in [0.1, 0.15) is 24.0 Å². The van der Waals surface area contributed by atoms with E-state index in [2.05, 4.69) is 5.32 Å². The number of amides is 2. The quantitative estimate of drug-likeness (QED) is 0.296. The van der Waals surface area contributed by atoms with E-state index in [9.17, 15) is 28.1 Å². The van der Waals surface area contributed by atoms with Gasteiger partial charge in [-0.25, -0.2) is 8.42 Å². The van der Waals surface area contributed by atoms with Crippen molar-refractivity contribution in [3.05, 3.63) is 63.2 Å². The first-order valence-corrected chi connectivity index (χ1v) is 13.8. The van der Waals surface area contributed by atoms with Gasteiger partial charge in [-0.3, -0.25) is 24.0 Å². The summed E-state index contributed by atoms with van der Waals surface area (Å²) in [5.74, 6) is -1.06. The van der Waals surface area contributed by atoms with Gasteiger partial charge in [-0.05, 0) is 30.5 Å². The number of carbonyl (C=O) groups is 2. The first-order chi connectivity index (χ1) is 17.4. The van der Waals surface area contributed by atoms with Crippen LogP contribution in [0.3, 0.4) is 0 Å². The molecule has 2 aromatic rings. The summed E-state index contributed by atoms with van der Waals surface area (Å²) in [6, 6.07) is 9.35. The summed E-state index contributed by atoms with van der Waals surface area (Å²) in [5.41, 5.74) is 0.0158. The molecule has 1 atom stereocenters. The van der Waals surface area contributed by atoms with Gasteiger partial charge in [-0.1, -0.05) is 43.6 Å². The van der Waals surface area contributed by atoms with Crippen LogP contribution in [0.5, 0.6) is 5.75 Å². The number of nitrogens with zero attached hydrogens (tertiary/aromatic N) is 3. The lowest BCUT2D eigenvalue weighted by atomic mass is 10.1. The number of nitro groups is 1. The van der Waals surface area contributed by atoms with E-state index in [0.717, 1.165) is 16.6 Å². The summed E-state index contributed by atoms with van der Waals surface area (Å²) in [6.45, 7) is 3.26. The molecule has 0 spiro atoms. The standard InChI is InChI=1S/C24H31ClN4O7S/c1-5-13-26-24(31)20(6-2)27(15-17-9-7-8-10-19(17)25)23(30)16-28(37(4,34)35)21-14-18(29(32)33)11-12-22(21)36-3/h7-12,14,20H,5-6,13,15-16H2,1-4H3,(H,26,31)/t20-/m0/s1. The molecule has 2 rings (SSSR count). The summed E-state index contributed by atoms with van der Waals surface area (Å²) in [5, 5.41) is 14.5. The number of hydrogen-bond donors (Lipinski definition) is 1. The fourth-order valence-corrected chi connectivity index (χ4v) is 4.72. The van der Waals surface area contributed by atoms with E-state index in [1.54, 1.807) is 31.2 Å². The number of nitro benzene ring substituents is 1. The SMILES string of the molecule is CCCNC(=O)[C@H](CC)N(Cc1ccccc1Cl)C(=O)CN(c1cc([N+](=O)[O-])ccc1OC)S(C)(=O)=O. The Bertz CT molecular complexity index is 1240. The molecule has 2 amide bonds. The molecule has 0 aromatic heterocycles. The van der Waals surface area contributed by atoms with E-state index >= 15 is 0 Å². The van der Waals surface area contributed by atoms with Crippen LogP contribution in [0.25, 0.3) is 0 Å². The summed E-state index contributed by atoms with van der Waals surface area (Å²) < 4.78 is 31.6. The lowest BCUT2D eigenvalue weighted by Gasteiger charge is -2.33. The lowest BCUT2D eigenvalue weighted by molar-refractivity contribution is -0.384. The van der Waals surface area contributed by atoms with Crippen LogP contribution in [0.4, 0.5) is 11.4 Å². The molecule has 0 saturated carbocycles. The number of carbonyl (C=O) groups excluding carboxylic acids is 2. The molecule has 0 heterocycles. The highest BCUT2D eigenvalue weighted by molar-refractivity contribution is 7.92. The fraction of sp³-hybridized carbons (Fsp3) is 0.417. The number of non-ortho nitro benzene ring substituents is 1. The third kappa shape index (κ3) is 7.80. The van der Waals surface area contributed by atoms with Crippen LogP contribution >= 0.6 is 11.6 Å². The maximum atomic E-state index is 13.7. The Kier molecular flexibility index (Phi) is 10.7. The topological polar surface area (TPSA) is 139 Å². The zero-order chi connectivity index (χ0) is 27.8. The molecule has 0 radical (unpaired) electrons. The molecular formula is C24H31ClN4O7S. The number of ether oxygens (including phenoxy) is 1. The van der Waals surface area contributed by atoms with Crippen molar-refractivity contribution >= 4 is 44.8 Å². The van der Waals surface area contributed by atoms with Gasteiger partial charge in [-0.2, -0.15) is 0 Å². The monoisotopic (exact) mass is 554 g/mol. The highest BCUT2D eigenvalue weighted by Gasteiger charge is 2.33. The van der Waals surface area contributed by atoms with Crippen molar-refractivity contribution in [3.8, 4) is 5.75 Å². The van der Waals surface area contributed by atoms with E-state index < -0.39 is 33.4 Å². The zero-order valence-electron chi connectivity index (χ0n) is 21.1. The molecule has 37 heavy (non-hydrogen) atoms. The third-order valence-electron chi connectivity index (χ3n) is 5.55. The second-order valence-electron chi connectivity index (χ2n) is 8.21. The Morgan fingerprint density at radius 2 is 1.86 bits per heavy atom. The van der Waals surface area contributed by atoms with Gasteiger partial charge >= 0.3 is 0 Å². The summed E-state index contributed by atoms with van der Waals surface area (Å²) in [4.78, 5) is 38.6. The Morgan fingerprint density at radius 3 is 2.41 bits per heavy atom. The molecule has 0 aliphatic carbocycles. The van der Waals surface area contributed by atoms with Gasteiger partial charge in [0.25, 0.3) is 5.69 Å². The Balaban J connectivity index is 2.56. The van der Waals surface area contributed by atoms with Gasteiger partial charge in [0, 0.05) is 30.2 Å². The Hall–Kier alpha value is -3.38. The average Bonchev–Trinajstić information content (AvgIpc) is 2.85. The van der Waals surface area contributed by atoms with Crippen LogP contribution in [0.1, 0.15) is 32.3 Å². The highest BCUT2D eigenvalue weighted by atomic mass is 35.5. The molecule has 11 nitrogen and oxygen atoms in total. The summed E-state index contributed by atoms with van der Waals surface area (Å²) in [7, 11) is -2.83. The van der Waals surface area contributed by atoms with E-state index in [-0.39, 0.29) is 36.0 Å². The van der Waals surface area contributed by atoms with Gasteiger partial charge in [0.2, 0.25) is 21.8 Å². The lowest BCUT2D eigenvalue weighted by Crippen LogP contribution is -2.52. The largest absolute Gasteiger partial charge is 0.495 e. The van der Waals surface area contributed by atoms with Crippen LogP contribution in [-0.2, 0) is 26.2 Å². The smallest absolute Gasteiger partial charge is 0.271 e. The third-order valence-corrected chi connectivity index (χ3v) is 7.05. The molecule has 0 aliphatic heterocycles. The maximum Gasteiger partial charge on any atom is 0.271 e. The van der Waals surface area contributed by atoms with Crippen LogP contribution in [0.2, 0.25) is 5.02 Å². The number of sulfonamides is 1. The van der Waals surface area contributed by atoms with Crippen LogP contribution in [0.15, 0.2) is 42.5 Å². The van der Waals surface area contributed by atoms with E-state index in [1.165, 1.54) is 24.1 Å². The number of benzene rings is 2. The molecule has 13 heteroatoms. The van der Waals surface area contributed by atoms with E-state index in [0.29, 0.717) is 23.6 Å². The predicted molar refractivity (Wildman–Crippen MR) is 141 cm³/mol. The van der Waals surface area contributed by atoms with Gasteiger partial charge in [-0.15, -0.1) is 0 Å². The molecule has 0 saturated heterocycles. The molecule has 0 bridgehead atoms. The molecule has 202 valence electrons. The van der Waals surface area contributed by atoms with Crippen molar-refractivity contribution in [3.63, 3.8) is 0 Å². The highest BCUT2D eigenvalue weighted by Crippen LogP contribution is 2.34. The van der Waals surface area contributed by atoms with E-state index in [1.807, 2.05) is 6.92 Å². The zero-order valence-corrected chi connectivity index (χ0v) is 22.7. The molecule has 0 aliphatic rings. The Labute approximate surface area is 221 Å². The fourth-order valence-electron chi connectivity index (χ4n) is 3.68. The molecular weight excluding hydrogens is 524 g/mol. The number of anilines is 1. The van der Waals surface area contributed by atoms with Gasteiger partial charge in [0.05, 0.1) is 18.3 Å². The average molecular weight is 555 g/mol. The molecule has 0 fully saturated rings. The van der Waals surface area contributed by atoms with E-state index in [4.69, 9.17) is 16.3 Å². The van der Waals surface area contributed by atoms with Gasteiger partial charge in [0.15, 0.2) is 0 Å². The van der Waals surface area contributed by atoms with Crippen LogP contribution in [0, 0.1) is 10.1 Å². The Morgan fingerprint density at radius 1 is 1.19 bits per heavy atom. The number of methoxy groups -OCH3 is 1. The van der Waals surface area contributed by atoms with Gasteiger partial charge < -0.3 is 15.0 Å². The normalized spacial score (nSPS) is 11.9. The number of hydrogen-bond acceptors (Lipinski definition) is 7. The predicted octanol–water partition coefficient (Wildman–Crippen LogP) is 3.36. The van der Waals surface area contributed by atoms with Crippen LogP contribution < -0.4 is 14.4 Å². The maximum absolute atomic E-state index is 13.7. The number of nitrogens with one attached hydrogen (secondary N) is 1. The second-order valence-corrected chi connectivity index (χ2v) is 10.5. The van der Waals surface area contributed by atoms with Crippen molar-refractivity contribution in [1.29, 1.82) is 0 Å². The van der Waals surface area contributed by atoms with Crippen molar-refractivity contribution in [2.45, 2.75) is 39.3 Å². The molecule has 1 N–H and O–H groups in total. The number of halogens is 1. The van der Waals surface area contributed by atoms with Crippen LogP contribution in [-0.4, -0.2) is 62.6 Å². The summed E-state index contributed by atoms with van der Waals surface area (Å²) >= 11 is 6.32. The van der Waals surface area contributed by atoms with Crippen molar-refractivity contribution in [1.82, 2.24) is 10.2 Å². The first-order valence-electron chi connectivity index (χ1n) is 11.5. The number of rotatable bonds is 13. The van der Waals surface area contributed by atoms with Crippen molar-refractivity contribution in [2.24, 2.45) is 0 Å². The molecule has 0 unspecified atom stereocenters.